The van der Waals surface area contributed by atoms with E-state index in [0.29, 0.717) is 18.7 Å². The third-order valence-corrected chi connectivity index (χ3v) is 2.65. The monoisotopic (exact) mass is 235 g/mol. The maximum Gasteiger partial charge on any atom is 0.326 e. The van der Waals surface area contributed by atoms with Gasteiger partial charge in [0.1, 0.15) is 6.04 Å². The molecule has 0 aliphatic carbocycles. The summed E-state index contributed by atoms with van der Waals surface area (Å²) >= 11 is 0. The summed E-state index contributed by atoms with van der Waals surface area (Å²) in [4.78, 5) is 21.1. The standard InChI is InChI=1S/C13H17NO3/c1-9(2)11-5-3-10(4-6-11)7-12(13(16)17)14-8-15/h3-6,8-9,12H,7H2,1-2H3,(H,14,15)(H,16,17). The molecule has 2 N–H and O–H groups in total. The predicted molar refractivity (Wildman–Crippen MR) is 64.9 cm³/mol. The molecule has 92 valence electrons. The van der Waals surface area contributed by atoms with Gasteiger partial charge in [0.15, 0.2) is 0 Å². The molecule has 0 aliphatic rings. The lowest BCUT2D eigenvalue weighted by atomic mass is 9.99. The lowest BCUT2D eigenvalue weighted by Gasteiger charge is -2.12. The van der Waals surface area contributed by atoms with Crippen molar-refractivity contribution in [3.8, 4) is 0 Å². The van der Waals surface area contributed by atoms with Crippen LogP contribution in [-0.4, -0.2) is 23.5 Å². The van der Waals surface area contributed by atoms with Crippen molar-refractivity contribution in [1.29, 1.82) is 0 Å². The van der Waals surface area contributed by atoms with Gasteiger partial charge in [0, 0.05) is 6.42 Å². The first-order chi connectivity index (χ1) is 8.04. The van der Waals surface area contributed by atoms with Crippen molar-refractivity contribution in [1.82, 2.24) is 5.32 Å². The number of carboxylic acid groups (broad SMARTS) is 1. The van der Waals surface area contributed by atoms with Crippen molar-refractivity contribution in [2.24, 2.45) is 0 Å². The van der Waals surface area contributed by atoms with Crippen LogP contribution in [0, 0.1) is 0 Å². The van der Waals surface area contributed by atoms with E-state index in [9.17, 15) is 9.59 Å². The van der Waals surface area contributed by atoms with Gasteiger partial charge in [-0.2, -0.15) is 0 Å². The van der Waals surface area contributed by atoms with Crippen molar-refractivity contribution in [3.63, 3.8) is 0 Å². The molecule has 1 aromatic rings. The molecule has 4 heteroatoms. The summed E-state index contributed by atoms with van der Waals surface area (Å²) in [6.07, 6.45) is 0.716. The van der Waals surface area contributed by atoms with Gasteiger partial charge < -0.3 is 10.4 Å². The Labute approximate surface area is 101 Å². The second-order valence-electron chi connectivity index (χ2n) is 4.28. The minimum absolute atomic E-state index is 0.298. The maximum atomic E-state index is 10.8. The van der Waals surface area contributed by atoms with Gasteiger partial charge in [0.05, 0.1) is 0 Å². The molecule has 0 saturated carbocycles. The lowest BCUT2D eigenvalue weighted by molar-refractivity contribution is -0.140. The first-order valence-corrected chi connectivity index (χ1v) is 5.56. The van der Waals surface area contributed by atoms with Crippen molar-refractivity contribution in [3.05, 3.63) is 35.4 Å². The van der Waals surface area contributed by atoms with E-state index in [2.05, 4.69) is 19.2 Å². The number of carbonyl (C=O) groups is 2. The Bertz CT molecular complexity index is 384. The Morgan fingerprint density at radius 1 is 1.35 bits per heavy atom. The fourth-order valence-electron chi connectivity index (χ4n) is 1.57. The Hall–Kier alpha value is -1.84. The molecule has 17 heavy (non-hydrogen) atoms. The number of benzene rings is 1. The molecule has 0 heterocycles. The summed E-state index contributed by atoms with van der Waals surface area (Å²) < 4.78 is 0. The first kappa shape index (κ1) is 13.2. The zero-order chi connectivity index (χ0) is 12.8. The third-order valence-electron chi connectivity index (χ3n) is 2.65. The van der Waals surface area contributed by atoms with E-state index in [0.717, 1.165) is 5.56 Å². The summed E-state index contributed by atoms with van der Waals surface area (Å²) in [6.45, 7) is 4.20. The van der Waals surface area contributed by atoms with E-state index in [-0.39, 0.29) is 0 Å². The van der Waals surface area contributed by atoms with Crippen molar-refractivity contribution in [2.45, 2.75) is 32.2 Å². The summed E-state index contributed by atoms with van der Waals surface area (Å²) in [5, 5.41) is 11.2. The van der Waals surface area contributed by atoms with Crippen molar-refractivity contribution in [2.75, 3.05) is 0 Å². The normalized spacial score (nSPS) is 12.2. The molecular formula is C13H17NO3. The first-order valence-electron chi connectivity index (χ1n) is 5.56. The maximum absolute atomic E-state index is 10.8. The van der Waals surface area contributed by atoms with E-state index in [1.54, 1.807) is 0 Å². The minimum atomic E-state index is -1.02. The number of nitrogens with one attached hydrogen (secondary N) is 1. The Morgan fingerprint density at radius 2 is 1.94 bits per heavy atom. The highest BCUT2D eigenvalue weighted by Crippen LogP contribution is 2.15. The summed E-state index contributed by atoms with van der Waals surface area (Å²) in [7, 11) is 0. The number of rotatable bonds is 6. The summed E-state index contributed by atoms with van der Waals surface area (Å²) in [6, 6.07) is 6.91. The molecule has 0 saturated heterocycles. The largest absolute Gasteiger partial charge is 0.480 e. The molecule has 1 amide bonds. The fraction of sp³-hybridized carbons (Fsp3) is 0.385. The van der Waals surface area contributed by atoms with Gasteiger partial charge in [-0.25, -0.2) is 4.79 Å². The highest BCUT2D eigenvalue weighted by molar-refractivity contribution is 5.76. The molecule has 1 atom stereocenters. The third kappa shape index (κ3) is 3.90. The SMILES string of the molecule is CC(C)c1ccc(CC(NC=O)C(=O)O)cc1. The second-order valence-corrected chi connectivity index (χ2v) is 4.28. The molecule has 0 radical (unpaired) electrons. The zero-order valence-corrected chi connectivity index (χ0v) is 10.0. The van der Waals surface area contributed by atoms with Crippen molar-refractivity contribution >= 4 is 12.4 Å². The number of amides is 1. The van der Waals surface area contributed by atoms with Crippen LogP contribution in [0.15, 0.2) is 24.3 Å². The molecule has 0 fully saturated rings. The molecule has 0 bridgehead atoms. The van der Waals surface area contributed by atoms with Gasteiger partial charge in [0.25, 0.3) is 0 Å². The summed E-state index contributed by atoms with van der Waals surface area (Å²) in [5.74, 6) is -0.572. The highest BCUT2D eigenvalue weighted by atomic mass is 16.4. The van der Waals surface area contributed by atoms with E-state index in [1.807, 2.05) is 24.3 Å². The van der Waals surface area contributed by atoms with Gasteiger partial charge in [0.2, 0.25) is 6.41 Å². The van der Waals surface area contributed by atoms with E-state index < -0.39 is 12.0 Å². The number of hydrogen-bond donors (Lipinski definition) is 2. The average Bonchev–Trinajstić information content (AvgIpc) is 2.29. The van der Waals surface area contributed by atoms with Crippen molar-refractivity contribution < 1.29 is 14.7 Å². The zero-order valence-electron chi connectivity index (χ0n) is 10.0. The lowest BCUT2D eigenvalue weighted by Crippen LogP contribution is -2.37. The minimum Gasteiger partial charge on any atom is -0.480 e. The Morgan fingerprint density at radius 3 is 2.35 bits per heavy atom. The predicted octanol–water partition coefficient (Wildman–Crippen LogP) is 1.55. The Kier molecular flexibility index (Phi) is 4.69. The molecule has 1 aromatic carbocycles. The van der Waals surface area contributed by atoms with Gasteiger partial charge in [-0.15, -0.1) is 0 Å². The van der Waals surface area contributed by atoms with Gasteiger partial charge in [-0.3, -0.25) is 4.79 Å². The van der Waals surface area contributed by atoms with Crippen LogP contribution in [-0.2, 0) is 16.0 Å². The van der Waals surface area contributed by atoms with Crippen LogP contribution in [0.4, 0.5) is 0 Å². The number of hydrogen-bond acceptors (Lipinski definition) is 2. The van der Waals surface area contributed by atoms with Crippen LogP contribution in [0.3, 0.4) is 0 Å². The van der Waals surface area contributed by atoms with Gasteiger partial charge in [-0.1, -0.05) is 38.1 Å². The second kappa shape index (κ2) is 6.03. The molecule has 0 aliphatic heterocycles. The van der Waals surface area contributed by atoms with E-state index >= 15 is 0 Å². The average molecular weight is 235 g/mol. The van der Waals surface area contributed by atoms with Crippen LogP contribution in [0.25, 0.3) is 0 Å². The molecule has 1 unspecified atom stereocenters. The number of carboxylic acids is 1. The Balaban J connectivity index is 2.73. The van der Waals surface area contributed by atoms with Crippen LogP contribution in [0.5, 0.6) is 0 Å². The molecular weight excluding hydrogens is 218 g/mol. The number of aliphatic carboxylic acids is 1. The van der Waals surface area contributed by atoms with Crippen LogP contribution < -0.4 is 5.32 Å². The summed E-state index contributed by atoms with van der Waals surface area (Å²) in [5.41, 5.74) is 2.11. The van der Waals surface area contributed by atoms with E-state index in [4.69, 9.17) is 5.11 Å². The number of carbonyl (C=O) groups excluding carboxylic acids is 1. The van der Waals surface area contributed by atoms with Crippen LogP contribution in [0.2, 0.25) is 0 Å². The smallest absolute Gasteiger partial charge is 0.326 e. The van der Waals surface area contributed by atoms with Crippen LogP contribution >= 0.6 is 0 Å². The molecule has 1 rings (SSSR count). The van der Waals surface area contributed by atoms with E-state index in [1.165, 1.54) is 5.56 Å². The molecule has 4 nitrogen and oxygen atoms in total. The fourth-order valence-corrected chi connectivity index (χ4v) is 1.57. The molecule has 0 spiro atoms. The van der Waals surface area contributed by atoms with Gasteiger partial charge in [-0.05, 0) is 17.0 Å². The quantitative estimate of drug-likeness (QED) is 0.735. The topological polar surface area (TPSA) is 66.4 Å². The molecule has 0 aromatic heterocycles. The van der Waals surface area contributed by atoms with Crippen LogP contribution in [0.1, 0.15) is 30.9 Å². The van der Waals surface area contributed by atoms with Gasteiger partial charge >= 0.3 is 5.97 Å². The highest BCUT2D eigenvalue weighted by Gasteiger charge is 2.16.